The van der Waals surface area contributed by atoms with Crippen LogP contribution >= 0.6 is 11.6 Å². The molecule has 34 heavy (non-hydrogen) atoms. The number of ether oxygens (including phenoxy) is 1. The largest absolute Gasteiger partial charge is 0.480 e. The van der Waals surface area contributed by atoms with Crippen LogP contribution in [0.15, 0.2) is 59.4 Å². The topological polar surface area (TPSA) is 81.4 Å². The number of aromatic nitrogens is 2. The van der Waals surface area contributed by atoms with E-state index in [1.807, 2.05) is 30.3 Å². The predicted molar refractivity (Wildman–Crippen MR) is 128 cm³/mol. The zero-order valence-electron chi connectivity index (χ0n) is 18.6. The van der Waals surface area contributed by atoms with E-state index in [-0.39, 0.29) is 28.7 Å². The highest BCUT2D eigenvalue weighted by Gasteiger charge is 2.24. The molecule has 0 atom stereocenters. The molecule has 0 aliphatic heterocycles. The van der Waals surface area contributed by atoms with Crippen LogP contribution in [0, 0.1) is 17.7 Å². The lowest BCUT2D eigenvalue weighted by molar-refractivity contribution is -0.142. The van der Waals surface area contributed by atoms with Gasteiger partial charge >= 0.3 is 5.97 Å². The van der Waals surface area contributed by atoms with Crippen LogP contribution in [0.1, 0.15) is 25.7 Å². The molecule has 2 aromatic carbocycles. The Morgan fingerprint density at radius 2 is 1.76 bits per heavy atom. The van der Waals surface area contributed by atoms with Crippen molar-refractivity contribution in [3.8, 4) is 22.4 Å². The third kappa shape index (κ3) is 5.72. The van der Waals surface area contributed by atoms with Crippen molar-refractivity contribution >= 4 is 17.6 Å². The number of rotatable bonds is 8. The smallest absolute Gasteiger partial charge is 0.329 e. The van der Waals surface area contributed by atoms with E-state index in [0.29, 0.717) is 30.3 Å². The maximum atomic E-state index is 14.8. The molecule has 3 aromatic rings. The number of halogens is 2. The van der Waals surface area contributed by atoms with Crippen LogP contribution in [-0.4, -0.2) is 34.1 Å². The molecular formula is C26H26ClFN2O4. The van der Waals surface area contributed by atoms with Crippen LogP contribution in [-0.2, 0) is 16.1 Å². The Morgan fingerprint density at radius 3 is 2.47 bits per heavy atom. The molecule has 1 heterocycles. The van der Waals surface area contributed by atoms with Gasteiger partial charge in [0.15, 0.2) is 0 Å². The average molecular weight is 485 g/mol. The van der Waals surface area contributed by atoms with Crippen LogP contribution in [0.4, 0.5) is 4.39 Å². The number of carboxylic acid groups (broad SMARTS) is 1. The van der Waals surface area contributed by atoms with E-state index in [4.69, 9.17) is 21.4 Å². The van der Waals surface area contributed by atoms with Crippen LogP contribution in [0.5, 0.6) is 0 Å². The molecule has 0 saturated heterocycles. The van der Waals surface area contributed by atoms with Gasteiger partial charge < -0.3 is 9.84 Å². The third-order valence-electron chi connectivity index (χ3n) is 6.26. The van der Waals surface area contributed by atoms with E-state index in [0.717, 1.165) is 31.2 Å². The fraction of sp³-hybridized carbons (Fsp3) is 0.346. The molecule has 0 amide bonds. The first-order valence-corrected chi connectivity index (χ1v) is 11.7. The van der Waals surface area contributed by atoms with Crippen molar-refractivity contribution < 1.29 is 19.0 Å². The molecule has 0 unspecified atom stereocenters. The van der Waals surface area contributed by atoms with Gasteiger partial charge in [-0.1, -0.05) is 54.1 Å². The first-order chi connectivity index (χ1) is 16.4. The maximum Gasteiger partial charge on any atom is 0.329 e. The average Bonchev–Trinajstić information content (AvgIpc) is 2.83. The van der Waals surface area contributed by atoms with Gasteiger partial charge in [-0.3, -0.25) is 4.79 Å². The molecule has 8 heteroatoms. The van der Waals surface area contributed by atoms with E-state index in [9.17, 15) is 14.0 Å². The van der Waals surface area contributed by atoms with E-state index < -0.39 is 11.8 Å². The molecule has 0 bridgehead atoms. The van der Waals surface area contributed by atoms with Gasteiger partial charge in [-0.25, -0.2) is 13.9 Å². The zero-order chi connectivity index (χ0) is 24.1. The number of nitrogens with zero attached hydrogens (tertiary/aromatic N) is 2. The summed E-state index contributed by atoms with van der Waals surface area (Å²) in [5, 5.41) is 13.4. The minimum atomic E-state index is -0.963. The van der Waals surface area contributed by atoms with Gasteiger partial charge in [0.05, 0.1) is 17.3 Å². The van der Waals surface area contributed by atoms with E-state index in [1.165, 1.54) is 16.8 Å². The van der Waals surface area contributed by atoms with Crippen LogP contribution in [0.3, 0.4) is 0 Å². The number of carboxylic acids is 1. The van der Waals surface area contributed by atoms with Crippen molar-refractivity contribution in [2.24, 2.45) is 11.8 Å². The molecule has 1 aliphatic carbocycles. The highest BCUT2D eigenvalue weighted by molar-refractivity contribution is 6.31. The second kappa shape index (κ2) is 10.9. The van der Waals surface area contributed by atoms with Crippen molar-refractivity contribution in [2.45, 2.75) is 32.2 Å². The molecule has 4 rings (SSSR count). The first kappa shape index (κ1) is 24.1. The summed E-state index contributed by atoms with van der Waals surface area (Å²) in [7, 11) is 0. The molecule has 1 saturated carbocycles. The van der Waals surface area contributed by atoms with Crippen molar-refractivity contribution in [3.63, 3.8) is 0 Å². The number of hydrogen-bond acceptors (Lipinski definition) is 4. The fourth-order valence-electron chi connectivity index (χ4n) is 4.49. The Hall–Kier alpha value is -3.03. The molecule has 1 aliphatic rings. The summed E-state index contributed by atoms with van der Waals surface area (Å²) in [5.74, 6) is -0.940. The Kier molecular flexibility index (Phi) is 7.75. The Morgan fingerprint density at radius 1 is 1.06 bits per heavy atom. The van der Waals surface area contributed by atoms with Crippen LogP contribution in [0.2, 0.25) is 5.02 Å². The summed E-state index contributed by atoms with van der Waals surface area (Å²) >= 11 is 6.00. The van der Waals surface area contributed by atoms with Gasteiger partial charge in [0.25, 0.3) is 5.56 Å². The lowest BCUT2D eigenvalue weighted by atomic mass is 9.82. The standard InChI is InChI=1S/C26H26ClFN2O4/c27-22-8-4-7-20(25(22)28)21-13-23(31)30(29-26(21)19-5-2-1-3-6-19)14-17-9-11-18(12-10-17)15-34-16-24(32)33/h1-8,13,17-18H,9-12,14-16H2,(H,32,33)/t17-,18+. The fourth-order valence-corrected chi connectivity index (χ4v) is 4.66. The molecular weight excluding hydrogens is 459 g/mol. The Bertz CT molecular complexity index is 1210. The van der Waals surface area contributed by atoms with Gasteiger partial charge in [0, 0.05) is 29.3 Å². The minimum Gasteiger partial charge on any atom is -0.480 e. The van der Waals surface area contributed by atoms with E-state index >= 15 is 0 Å². The van der Waals surface area contributed by atoms with Crippen molar-refractivity contribution in [1.29, 1.82) is 0 Å². The quantitative estimate of drug-likeness (QED) is 0.470. The summed E-state index contributed by atoms with van der Waals surface area (Å²) in [5.41, 5.74) is 1.67. The molecule has 178 valence electrons. The summed E-state index contributed by atoms with van der Waals surface area (Å²) in [4.78, 5) is 23.6. The Balaban J connectivity index is 1.57. The SMILES string of the molecule is O=C(O)COC[C@H]1CC[C@@H](Cn2nc(-c3ccccc3)c(-c3cccc(Cl)c3F)cc2=O)CC1. The molecule has 1 fully saturated rings. The highest BCUT2D eigenvalue weighted by Crippen LogP contribution is 2.34. The molecule has 1 aromatic heterocycles. The van der Waals surface area contributed by atoms with Crippen molar-refractivity contribution in [3.05, 3.63) is 75.8 Å². The number of aliphatic carboxylic acids is 1. The van der Waals surface area contributed by atoms with Gasteiger partial charge in [-0.05, 0) is 43.6 Å². The number of carbonyl (C=O) groups is 1. The van der Waals surface area contributed by atoms with Crippen LogP contribution in [0.25, 0.3) is 22.4 Å². The number of hydrogen-bond donors (Lipinski definition) is 1. The second-order valence-corrected chi connectivity index (χ2v) is 9.10. The van der Waals surface area contributed by atoms with Gasteiger partial charge in [-0.15, -0.1) is 0 Å². The first-order valence-electron chi connectivity index (χ1n) is 11.3. The summed E-state index contributed by atoms with van der Waals surface area (Å²) in [6.07, 6.45) is 3.63. The van der Waals surface area contributed by atoms with Gasteiger partial charge in [0.1, 0.15) is 12.4 Å². The third-order valence-corrected chi connectivity index (χ3v) is 6.56. The molecule has 0 radical (unpaired) electrons. The molecule has 0 spiro atoms. The zero-order valence-corrected chi connectivity index (χ0v) is 19.4. The van der Waals surface area contributed by atoms with E-state index in [1.54, 1.807) is 12.1 Å². The monoisotopic (exact) mass is 484 g/mol. The molecule has 6 nitrogen and oxygen atoms in total. The van der Waals surface area contributed by atoms with Gasteiger partial charge in [0.2, 0.25) is 0 Å². The Labute approximate surface area is 202 Å². The summed E-state index contributed by atoms with van der Waals surface area (Å²) < 4.78 is 21.6. The van der Waals surface area contributed by atoms with E-state index in [2.05, 4.69) is 5.10 Å². The van der Waals surface area contributed by atoms with Crippen molar-refractivity contribution in [1.82, 2.24) is 9.78 Å². The van der Waals surface area contributed by atoms with Crippen molar-refractivity contribution in [2.75, 3.05) is 13.2 Å². The second-order valence-electron chi connectivity index (χ2n) is 8.69. The lowest BCUT2D eigenvalue weighted by Crippen LogP contribution is -2.29. The van der Waals surface area contributed by atoms with Gasteiger partial charge in [-0.2, -0.15) is 5.10 Å². The van der Waals surface area contributed by atoms with Crippen LogP contribution < -0.4 is 5.56 Å². The maximum absolute atomic E-state index is 14.8. The summed E-state index contributed by atoms with van der Waals surface area (Å²) in [6.45, 7) is 0.635. The number of benzene rings is 2. The normalized spacial score (nSPS) is 18.1. The minimum absolute atomic E-state index is 0.00946. The molecule has 1 N–H and O–H groups in total. The highest BCUT2D eigenvalue weighted by atomic mass is 35.5. The lowest BCUT2D eigenvalue weighted by Gasteiger charge is -2.28. The summed E-state index contributed by atoms with van der Waals surface area (Å²) in [6, 6.07) is 15.6. The predicted octanol–water partition coefficient (Wildman–Crippen LogP) is 5.28.